The fourth-order valence-corrected chi connectivity index (χ4v) is 3.58. The average molecular weight is 436 g/mol. The molecule has 0 radical (unpaired) electrons. The van der Waals surface area contributed by atoms with Crippen LogP contribution in [0.4, 0.5) is 0 Å². The first kappa shape index (κ1) is 19.7. The van der Waals surface area contributed by atoms with Crippen molar-refractivity contribution >= 4 is 41.3 Å². The molecule has 0 amide bonds. The van der Waals surface area contributed by atoms with E-state index in [-0.39, 0.29) is 24.0 Å². The molecular weight excluding hydrogens is 407 g/mol. The van der Waals surface area contributed by atoms with E-state index in [2.05, 4.69) is 59.7 Å². The highest BCUT2D eigenvalue weighted by molar-refractivity contribution is 14.0. The Labute approximate surface area is 155 Å². The van der Waals surface area contributed by atoms with Gasteiger partial charge in [0.25, 0.3) is 0 Å². The first-order valence-electron chi connectivity index (χ1n) is 7.75. The molecule has 4 nitrogen and oxygen atoms in total. The van der Waals surface area contributed by atoms with Crippen LogP contribution < -0.4 is 10.6 Å². The van der Waals surface area contributed by atoms with E-state index in [1.165, 1.54) is 10.4 Å². The summed E-state index contributed by atoms with van der Waals surface area (Å²) in [5.74, 6) is 1.56. The minimum atomic E-state index is 0. The van der Waals surface area contributed by atoms with E-state index < -0.39 is 0 Å². The summed E-state index contributed by atoms with van der Waals surface area (Å²) in [5.41, 5.74) is 1.35. The summed E-state index contributed by atoms with van der Waals surface area (Å²) in [6, 6.07) is 3.25. The van der Waals surface area contributed by atoms with E-state index in [9.17, 15) is 0 Å². The van der Waals surface area contributed by atoms with Gasteiger partial charge in [0.15, 0.2) is 5.96 Å². The lowest BCUT2D eigenvalue weighted by molar-refractivity contribution is 0.265. The van der Waals surface area contributed by atoms with E-state index in [1.54, 1.807) is 11.3 Å². The van der Waals surface area contributed by atoms with Crippen LogP contribution in [0, 0.1) is 12.8 Å². The Hall–Kier alpha value is -0.340. The zero-order chi connectivity index (χ0) is 15.4. The minimum Gasteiger partial charge on any atom is -0.352 e. The topological polar surface area (TPSA) is 39.7 Å². The van der Waals surface area contributed by atoms with Crippen molar-refractivity contribution in [1.82, 2.24) is 15.5 Å². The predicted molar refractivity (Wildman–Crippen MR) is 107 cm³/mol. The summed E-state index contributed by atoms with van der Waals surface area (Å²) in [4.78, 5) is 8.27. The highest BCUT2D eigenvalue weighted by Gasteiger charge is 2.31. The number of halogens is 1. The molecule has 2 heterocycles. The zero-order valence-electron chi connectivity index (χ0n) is 14.2. The molecule has 1 aromatic heterocycles. The number of hydrogen-bond acceptors (Lipinski definition) is 3. The number of thiophene rings is 1. The van der Waals surface area contributed by atoms with Gasteiger partial charge in [-0.05, 0) is 43.7 Å². The van der Waals surface area contributed by atoms with Gasteiger partial charge in [0.05, 0.1) is 6.54 Å². The van der Waals surface area contributed by atoms with Crippen LogP contribution in [0.1, 0.15) is 31.2 Å². The standard InChI is InChI=1S/C16H28N4S.HI/c1-11(2)20-9-13(4)14(10-20)19-16(17-5)18-8-15-12(3)6-7-21-15;/h6-7,11,13-14H,8-10H2,1-5H3,(H2,17,18,19);1H. The van der Waals surface area contributed by atoms with E-state index in [1.807, 2.05) is 7.05 Å². The number of rotatable bonds is 4. The first-order valence-corrected chi connectivity index (χ1v) is 8.63. The summed E-state index contributed by atoms with van der Waals surface area (Å²) in [6.45, 7) is 12.1. The van der Waals surface area contributed by atoms with Crippen LogP contribution in [0.15, 0.2) is 16.4 Å². The van der Waals surface area contributed by atoms with E-state index in [4.69, 9.17) is 0 Å². The maximum Gasteiger partial charge on any atom is 0.191 e. The van der Waals surface area contributed by atoms with Gasteiger partial charge >= 0.3 is 0 Å². The van der Waals surface area contributed by atoms with Crippen molar-refractivity contribution in [2.45, 2.75) is 46.3 Å². The van der Waals surface area contributed by atoms with Crippen molar-refractivity contribution in [2.24, 2.45) is 10.9 Å². The SMILES string of the molecule is CN=C(NCc1sccc1C)NC1CN(C(C)C)CC1C.I. The summed E-state index contributed by atoms with van der Waals surface area (Å²) in [7, 11) is 1.84. The number of aryl methyl sites for hydroxylation is 1. The molecule has 22 heavy (non-hydrogen) atoms. The average Bonchev–Trinajstić information content (AvgIpc) is 3.01. The second kappa shape index (κ2) is 9.08. The van der Waals surface area contributed by atoms with Gasteiger partial charge in [-0.25, -0.2) is 0 Å². The Balaban J connectivity index is 0.00000242. The van der Waals surface area contributed by atoms with Crippen LogP contribution in [0.2, 0.25) is 0 Å². The third kappa shape index (κ3) is 5.09. The van der Waals surface area contributed by atoms with Crippen LogP contribution in [-0.2, 0) is 6.54 Å². The van der Waals surface area contributed by atoms with E-state index >= 15 is 0 Å². The van der Waals surface area contributed by atoms with Crippen molar-refractivity contribution < 1.29 is 0 Å². The van der Waals surface area contributed by atoms with Gasteiger partial charge in [-0.1, -0.05) is 6.92 Å². The Bertz CT molecular complexity index is 486. The quantitative estimate of drug-likeness (QED) is 0.433. The highest BCUT2D eigenvalue weighted by Crippen LogP contribution is 2.19. The van der Waals surface area contributed by atoms with Gasteiger partial charge in [0.1, 0.15) is 0 Å². The number of guanidine groups is 1. The molecular formula is C16H29IN4S. The Morgan fingerprint density at radius 2 is 2.18 bits per heavy atom. The van der Waals surface area contributed by atoms with Gasteiger partial charge in [-0.15, -0.1) is 35.3 Å². The van der Waals surface area contributed by atoms with Gasteiger partial charge in [-0.2, -0.15) is 0 Å². The zero-order valence-corrected chi connectivity index (χ0v) is 17.4. The van der Waals surface area contributed by atoms with Crippen molar-refractivity contribution in [3.05, 3.63) is 21.9 Å². The molecule has 6 heteroatoms. The van der Waals surface area contributed by atoms with Gasteiger partial charge in [0, 0.05) is 37.1 Å². The van der Waals surface area contributed by atoms with Crippen LogP contribution in [0.25, 0.3) is 0 Å². The van der Waals surface area contributed by atoms with Crippen molar-refractivity contribution in [1.29, 1.82) is 0 Å². The molecule has 2 unspecified atom stereocenters. The Morgan fingerprint density at radius 3 is 2.68 bits per heavy atom. The summed E-state index contributed by atoms with van der Waals surface area (Å²) < 4.78 is 0. The molecule has 1 saturated heterocycles. The molecule has 2 N–H and O–H groups in total. The first-order chi connectivity index (χ1) is 10.0. The second-order valence-electron chi connectivity index (χ2n) is 6.23. The third-order valence-corrected chi connectivity index (χ3v) is 5.32. The summed E-state index contributed by atoms with van der Waals surface area (Å²) >= 11 is 1.80. The number of aliphatic imine (C=N–C) groups is 1. The van der Waals surface area contributed by atoms with Crippen LogP contribution >= 0.6 is 35.3 Å². The molecule has 2 atom stereocenters. The lowest BCUT2D eigenvalue weighted by Crippen LogP contribution is -2.46. The van der Waals surface area contributed by atoms with Crippen molar-refractivity contribution in [3.63, 3.8) is 0 Å². The maximum atomic E-state index is 4.37. The normalized spacial score (nSPS) is 22.7. The van der Waals surface area contributed by atoms with Gasteiger partial charge < -0.3 is 10.6 Å². The molecule has 0 aliphatic carbocycles. The highest BCUT2D eigenvalue weighted by atomic mass is 127. The molecule has 1 aliphatic rings. The second-order valence-corrected chi connectivity index (χ2v) is 7.23. The van der Waals surface area contributed by atoms with Gasteiger partial charge in [-0.3, -0.25) is 9.89 Å². The molecule has 0 spiro atoms. The number of nitrogens with zero attached hydrogens (tertiary/aromatic N) is 2. The lowest BCUT2D eigenvalue weighted by atomic mass is 10.1. The van der Waals surface area contributed by atoms with Crippen LogP contribution in [0.5, 0.6) is 0 Å². The molecule has 2 rings (SSSR count). The smallest absolute Gasteiger partial charge is 0.191 e. The Morgan fingerprint density at radius 1 is 1.45 bits per heavy atom. The fourth-order valence-electron chi connectivity index (χ4n) is 2.73. The molecule has 1 aliphatic heterocycles. The Kier molecular flexibility index (Phi) is 8.13. The third-order valence-electron chi connectivity index (χ3n) is 4.30. The predicted octanol–water partition coefficient (Wildman–Crippen LogP) is 3.07. The van der Waals surface area contributed by atoms with Crippen LogP contribution in [0.3, 0.4) is 0 Å². The minimum absolute atomic E-state index is 0. The van der Waals surface area contributed by atoms with E-state index in [0.717, 1.165) is 25.6 Å². The molecule has 1 aromatic rings. The van der Waals surface area contributed by atoms with Gasteiger partial charge in [0.2, 0.25) is 0 Å². The molecule has 1 fully saturated rings. The number of hydrogen-bond donors (Lipinski definition) is 2. The lowest BCUT2D eigenvalue weighted by Gasteiger charge is -2.21. The van der Waals surface area contributed by atoms with Crippen molar-refractivity contribution in [2.75, 3.05) is 20.1 Å². The largest absolute Gasteiger partial charge is 0.352 e. The molecule has 0 saturated carbocycles. The molecule has 0 aromatic carbocycles. The number of likely N-dealkylation sites (tertiary alicyclic amines) is 1. The van der Waals surface area contributed by atoms with Crippen LogP contribution in [-0.4, -0.2) is 43.1 Å². The maximum absolute atomic E-state index is 4.37. The number of nitrogens with one attached hydrogen (secondary N) is 2. The summed E-state index contributed by atoms with van der Waals surface area (Å²) in [6.07, 6.45) is 0. The van der Waals surface area contributed by atoms with Crippen molar-refractivity contribution in [3.8, 4) is 0 Å². The summed E-state index contributed by atoms with van der Waals surface area (Å²) in [5, 5.41) is 9.16. The molecule has 0 bridgehead atoms. The monoisotopic (exact) mass is 436 g/mol. The fraction of sp³-hybridized carbons (Fsp3) is 0.688. The molecule has 126 valence electrons. The van der Waals surface area contributed by atoms with E-state index in [0.29, 0.717) is 18.0 Å².